The van der Waals surface area contributed by atoms with Crippen LogP contribution in [0.5, 0.6) is 0 Å². The molecule has 9 heteroatoms. The molecule has 0 saturated heterocycles. The van der Waals surface area contributed by atoms with Crippen LogP contribution < -0.4 is 5.73 Å². The van der Waals surface area contributed by atoms with E-state index in [9.17, 15) is 9.59 Å². The normalized spacial score (nSPS) is 32.8. The van der Waals surface area contributed by atoms with Crippen molar-refractivity contribution >= 4 is 35.1 Å². The minimum absolute atomic E-state index is 0.0571. The number of rotatable bonds is 7. The van der Waals surface area contributed by atoms with Crippen molar-refractivity contribution in [3.05, 3.63) is 33.8 Å². The van der Waals surface area contributed by atoms with Gasteiger partial charge in [0.1, 0.15) is 5.54 Å². The number of nitrogens with two attached hydrogens (primary N) is 1. The molecule has 0 bridgehead atoms. The summed E-state index contributed by atoms with van der Waals surface area (Å²) in [5.74, 6) is -3.33. The van der Waals surface area contributed by atoms with Gasteiger partial charge in [0.25, 0.3) is 0 Å². The lowest BCUT2D eigenvalue weighted by Crippen LogP contribution is -2.64. The predicted octanol–water partition coefficient (Wildman–Crippen LogP) is 2.98. The van der Waals surface area contributed by atoms with E-state index in [1.54, 1.807) is 33.0 Å². The van der Waals surface area contributed by atoms with Gasteiger partial charge < -0.3 is 15.2 Å². The van der Waals surface area contributed by atoms with E-state index >= 15 is 4.39 Å². The largest absolute Gasteiger partial charge is 0.465 e. The summed E-state index contributed by atoms with van der Waals surface area (Å²) in [5.41, 5.74) is 3.48. The van der Waals surface area contributed by atoms with Crippen LogP contribution in [0, 0.1) is 11.8 Å². The van der Waals surface area contributed by atoms with Crippen molar-refractivity contribution < 1.29 is 23.5 Å². The Kier molecular flexibility index (Phi) is 6.16. The zero-order valence-corrected chi connectivity index (χ0v) is 18.1. The lowest BCUT2D eigenvalue weighted by atomic mass is 9.85. The van der Waals surface area contributed by atoms with Gasteiger partial charge in [0, 0.05) is 24.4 Å². The first kappa shape index (κ1) is 22.3. The summed E-state index contributed by atoms with van der Waals surface area (Å²) in [5, 5.41) is 0.859. The maximum Gasteiger partial charge on any atom is 0.344 e. The van der Waals surface area contributed by atoms with E-state index in [1.165, 1.54) is 0 Å². The first-order valence-electron chi connectivity index (χ1n) is 9.58. The number of carbonyl (C=O) groups excluding carboxylic acids is 2. The molecule has 2 fully saturated rings. The van der Waals surface area contributed by atoms with Crippen molar-refractivity contribution in [3.63, 3.8) is 0 Å². The number of fused-ring (bicyclic) bond motifs is 1. The number of hydrogen-bond acceptors (Lipinski definition) is 6. The monoisotopic (exact) mass is 446 g/mol. The number of nitrogens with zero attached hydrogens (tertiary/aromatic N) is 1. The summed E-state index contributed by atoms with van der Waals surface area (Å²) in [7, 11) is 1.79. The van der Waals surface area contributed by atoms with Gasteiger partial charge in [-0.1, -0.05) is 29.3 Å². The molecule has 160 valence electrons. The number of esters is 2. The van der Waals surface area contributed by atoms with Crippen LogP contribution in [-0.2, 0) is 25.6 Å². The SMILES string of the molecule is CCOC(=O)[C@]1(N)[C@@H](N(C)Cc2ccc(Cl)c(Cl)c2)C[C@@H]2[C@H]1[C@@]2(F)C(=O)OCC. The fourth-order valence-electron chi connectivity index (χ4n) is 4.68. The highest BCUT2D eigenvalue weighted by Crippen LogP contribution is 2.67. The maximum absolute atomic E-state index is 15.4. The van der Waals surface area contributed by atoms with Gasteiger partial charge in [0.05, 0.1) is 23.3 Å². The Balaban J connectivity index is 1.86. The van der Waals surface area contributed by atoms with Crippen molar-refractivity contribution in [3.8, 4) is 0 Å². The Bertz CT molecular complexity index is 826. The molecular weight excluding hydrogens is 422 g/mol. The zero-order chi connectivity index (χ0) is 21.6. The Labute approximate surface area is 179 Å². The standard InChI is InChI=1S/C20H25Cl2FN2O4/c1-4-28-17(26)19(23)12-9-15(20(24,16(12)19)18(27)29-5-2)25(3)10-11-6-7-13(21)14(22)8-11/h6-8,12,15-16H,4-5,9-10,24H2,1-3H3/t12-,15+,16+,19-,20+/m1/s1. The van der Waals surface area contributed by atoms with Gasteiger partial charge in [0.2, 0.25) is 5.67 Å². The fraction of sp³-hybridized carbons (Fsp3) is 0.600. The summed E-state index contributed by atoms with van der Waals surface area (Å²) < 4.78 is 25.5. The first-order valence-corrected chi connectivity index (χ1v) is 10.3. The summed E-state index contributed by atoms with van der Waals surface area (Å²) in [4.78, 5) is 26.9. The van der Waals surface area contributed by atoms with E-state index in [1.807, 2.05) is 11.0 Å². The molecule has 1 aromatic rings. The average molecular weight is 447 g/mol. The Morgan fingerprint density at radius 1 is 1.21 bits per heavy atom. The molecule has 0 aromatic heterocycles. The molecule has 0 unspecified atom stereocenters. The molecule has 2 aliphatic rings. The van der Waals surface area contributed by atoms with E-state index in [-0.39, 0.29) is 19.6 Å². The third kappa shape index (κ3) is 3.52. The lowest BCUT2D eigenvalue weighted by molar-refractivity contribution is -0.158. The van der Waals surface area contributed by atoms with Crippen LogP contribution in [0.1, 0.15) is 25.8 Å². The van der Waals surface area contributed by atoms with Crippen LogP contribution in [0.3, 0.4) is 0 Å². The predicted molar refractivity (Wildman–Crippen MR) is 107 cm³/mol. The minimum Gasteiger partial charge on any atom is -0.465 e. The number of likely N-dealkylation sites (N-methyl/N-ethyl adjacent to an activating group) is 1. The minimum atomic E-state index is -2.25. The van der Waals surface area contributed by atoms with Crippen molar-refractivity contribution in [2.24, 2.45) is 17.6 Å². The number of ether oxygens (including phenoxy) is 2. The molecule has 2 N–H and O–H groups in total. The molecule has 6 nitrogen and oxygen atoms in total. The average Bonchev–Trinajstić information content (AvgIpc) is 3.13. The second-order valence-corrected chi connectivity index (χ2v) is 8.46. The van der Waals surface area contributed by atoms with E-state index in [4.69, 9.17) is 38.4 Å². The smallest absolute Gasteiger partial charge is 0.344 e. The van der Waals surface area contributed by atoms with Crippen LogP contribution in [0.2, 0.25) is 10.0 Å². The topological polar surface area (TPSA) is 81.9 Å². The molecule has 29 heavy (non-hydrogen) atoms. The van der Waals surface area contributed by atoms with Crippen molar-refractivity contribution in [1.82, 2.24) is 4.90 Å². The van der Waals surface area contributed by atoms with Gasteiger partial charge >= 0.3 is 11.9 Å². The molecule has 0 amide bonds. The number of carbonyl (C=O) groups is 2. The highest BCUT2D eigenvalue weighted by Gasteiger charge is 2.85. The van der Waals surface area contributed by atoms with E-state index in [2.05, 4.69) is 0 Å². The van der Waals surface area contributed by atoms with E-state index in [0.717, 1.165) is 5.56 Å². The summed E-state index contributed by atoms with van der Waals surface area (Å²) in [6.07, 6.45) is 0.243. The molecule has 0 heterocycles. The van der Waals surface area contributed by atoms with Crippen molar-refractivity contribution in [2.75, 3.05) is 20.3 Å². The summed E-state index contributed by atoms with van der Waals surface area (Å²) >= 11 is 12.1. The van der Waals surface area contributed by atoms with Crippen LogP contribution in [0.15, 0.2) is 18.2 Å². The third-order valence-electron chi connectivity index (χ3n) is 5.99. The highest BCUT2D eigenvalue weighted by atomic mass is 35.5. The molecule has 0 aliphatic heterocycles. The van der Waals surface area contributed by atoms with Gasteiger partial charge in [0.15, 0.2) is 0 Å². The molecule has 0 spiro atoms. The Morgan fingerprint density at radius 2 is 1.83 bits per heavy atom. The molecular formula is C20H25Cl2FN2O4. The van der Waals surface area contributed by atoms with Gasteiger partial charge in [-0.2, -0.15) is 0 Å². The lowest BCUT2D eigenvalue weighted by Gasteiger charge is -2.39. The second kappa shape index (κ2) is 8.02. The molecule has 2 aliphatic carbocycles. The van der Waals surface area contributed by atoms with Gasteiger partial charge in [-0.25, -0.2) is 14.0 Å². The van der Waals surface area contributed by atoms with Gasteiger partial charge in [-0.15, -0.1) is 0 Å². The van der Waals surface area contributed by atoms with Crippen molar-refractivity contribution in [2.45, 2.75) is 44.1 Å². The molecule has 1 aromatic carbocycles. The van der Waals surface area contributed by atoms with Crippen LogP contribution >= 0.6 is 23.2 Å². The number of hydrogen-bond donors (Lipinski definition) is 1. The van der Waals surface area contributed by atoms with E-state index in [0.29, 0.717) is 16.6 Å². The van der Waals surface area contributed by atoms with Crippen LogP contribution in [-0.4, -0.2) is 54.3 Å². The number of alkyl halides is 1. The number of benzene rings is 1. The Hall–Kier alpha value is -1.41. The highest BCUT2D eigenvalue weighted by molar-refractivity contribution is 6.42. The van der Waals surface area contributed by atoms with Crippen LogP contribution in [0.25, 0.3) is 0 Å². The molecule has 5 atom stereocenters. The fourth-order valence-corrected chi connectivity index (χ4v) is 5.00. The van der Waals surface area contributed by atoms with Gasteiger partial charge in [-0.05, 0) is 45.0 Å². The molecule has 2 saturated carbocycles. The summed E-state index contributed by atoms with van der Waals surface area (Å²) in [6.45, 7) is 3.84. The molecule has 0 radical (unpaired) electrons. The maximum atomic E-state index is 15.4. The Morgan fingerprint density at radius 3 is 2.41 bits per heavy atom. The van der Waals surface area contributed by atoms with Crippen molar-refractivity contribution in [1.29, 1.82) is 0 Å². The number of halogens is 3. The third-order valence-corrected chi connectivity index (χ3v) is 6.73. The molecule has 3 rings (SSSR count). The van der Waals surface area contributed by atoms with Crippen LogP contribution in [0.4, 0.5) is 4.39 Å². The second-order valence-electron chi connectivity index (χ2n) is 7.64. The van der Waals surface area contributed by atoms with E-state index < -0.39 is 41.0 Å². The van der Waals surface area contributed by atoms with Gasteiger partial charge in [-0.3, -0.25) is 4.90 Å². The summed E-state index contributed by atoms with van der Waals surface area (Å²) in [6, 6.07) is 4.73. The first-order chi connectivity index (χ1) is 13.6. The quantitative estimate of drug-likeness (QED) is 0.648. The zero-order valence-electron chi connectivity index (χ0n) is 16.6.